The van der Waals surface area contributed by atoms with Crippen molar-refractivity contribution in [2.24, 2.45) is 0 Å². The number of nitrogens with zero attached hydrogens (tertiary/aromatic N) is 2. The lowest BCUT2D eigenvalue weighted by Gasteiger charge is -2.19. The van der Waals surface area contributed by atoms with Gasteiger partial charge in [-0.2, -0.15) is 5.26 Å². The van der Waals surface area contributed by atoms with Crippen molar-refractivity contribution in [3.8, 4) is 6.07 Å². The van der Waals surface area contributed by atoms with Gasteiger partial charge in [-0.1, -0.05) is 31.2 Å². The molecule has 4 nitrogen and oxygen atoms in total. The normalized spacial score (nSPS) is 17.1. The highest BCUT2D eigenvalue weighted by Crippen LogP contribution is 2.12. The second-order valence-corrected chi connectivity index (χ2v) is 5.15. The van der Waals surface area contributed by atoms with E-state index in [9.17, 15) is 9.59 Å². The van der Waals surface area contributed by atoms with Crippen LogP contribution < -0.4 is 0 Å². The number of Topliss-reactive ketones (excluding diaryl/α,β-unsaturated/α-hetero) is 1. The molecule has 0 aromatic carbocycles. The van der Waals surface area contributed by atoms with Gasteiger partial charge in [0.25, 0.3) is 0 Å². The minimum absolute atomic E-state index is 0.0597. The van der Waals surface area contributed by atoms with Crippen molar-refractivity contribution < 1.29 is 9.59 Å². The second kappa shape index (κ2) is 8.91. The number of carbonyl (C=O) groups excluding carboxylic acids is 2. The number of likely N-dealkylation sites (tertiary alicyclic amines) is 1. The molecule has 1 aliphatic heterocycles. The first kappa shape index (κ1) is 16.9. The van der Waals surface area contributed by atoms with E-state index in [4.69, 9.17) is 5.26 Å². The Morgan fingerprint density at radius 2 is 2.14 bits per heavy atom. The van der Waals surface area contributed by atoms with Crippen molar-refractivity contribution in [1.29, 1.82) is 5.26 Å². The van der Waals surface area contributed by atoms with Gasteiger partial charge in [-0.25, -0.2) is 0 Å². The van der Waals surface area contributed by atoms with E-state index in [1.54, 1.807) is 24.0 Å². The monoisotopic (exact) mass is 286 g/mol. The highest BCUT2D eigenvalue weighted by Gasteiger charge is 2.19. The summed E-state index contributed by atoms with van der Waals surface area (Å²) >= 11 is 0. The van der Waals surface area contributed by atoms with E-state index >= 15 is 0 Å². The third-order valence-electron chi connectivity index (χ3n) is 3.49. The molecule has 0 radical (unpaired) electrons. The SMILES string of the molecule is C=C/C(=C\C/C=C(\C)C#N)C(=O)CN1CCCCCC1=O. The minimum Gasteiger partial charge on any atom is -0.335 e. The Balaban J connectivity index is 2.66. The Kier molecular flexibility index (Phi) is 7.17. The van der Waals surface area contributed by atoms with Crippen molar-refractivity contribution in [1.82, 2.24) is 4.90 Å². The minimum atomic E-state index is -0.0942. The quantitative estimate of drug-likeness (QED) is 0.428. The van der Waals surface area contributed by atoms with Crippen molar-refractivity contribution in [2.75, 3.05) is 13.1 Å². The molecule has 1 amide bonds. The highest BCUT2D eigenvalue weighted by molar-refractivity contribution is 6.00. The average Bonchev–Trinajstić information content (AvgIpc) is 2.68. The first-order chi connectivity index (χ1) is 10.1. The molecule has 0 spiro atoms. The Morgan fingerprint density at radius 1 is 1.38 bits per heavy atom. The van der Waals surface area contributed by atoms with Gasteiger partial charge < -0.3 is 4.90 Å². The summed E-state index contributed by atoms with van der Waals surface area (Å²) in [5.41, 5.74) is 1.12. The molecule has 21 heavy (non-hydrogen) atoms. The molecule has 0 aromatic heterocycles. The van der Waals surface area contributed by atoms with E-state index in [1.165, 1.54) is 6.08 Å². The maximum absolute atomic E-state index is 12.2. The number of nitriles is 1. The van der Waals surface area contributed by atoms with Gasteiger partial charge in [-0.05, 0) is 26.2 Å². The van der Waals surface area contributed by atoms with E-state index in [0.717, 1.165) is 19.3 Å². The Morgan fingerprint density at radius 3 is 2.81 bits per heavy atom. The fourth-order valence-electron chi connectivity index (χ4n) is 2.19. The number of carbonyl (C=O) groups is 2. The molecular formula is C17H22N2O2. The van der Waals surface area contributed by atoms with Gasteiger partial charge in [0.1, 0.15) is 0 Å². The summed E-state index contributed by atoms with van der Waals surface area (Å²) in [7, 11) is 0. The van der Waals surface area contributed by atoms with Crippen LogP contribution in [0.2, 0.25) is 0 Å². The van der Waals surface area contributed by atoms with Gasteiger partial charge in [0.05, 0.1) is 12.6 Å². The first-order valence-corrected chi connectivity index (χ1v) is 7.29. The largest absolute Gasteiger partial charge is 0.335 e. The molecule has 0 bridgehead atoms. The van der Waals surface area contributed by atoms with Crippen LogP contribution in [0.1, 0.15) is 39.0 Å². The molecule has 112 valence electrons. The standard InChI is InChI=1S/C17H22N2O2/c1-3-15(9-7-8-14(2)12-18)16(20)13-19-11-6-4-5-10-17(19)21/h3,8-9H,1,4-7,10-11,13H2,2H3/b14-8+,15-9+. The molecule has 0 aromatic rings. The van der Waals surface area contributed by atoms with Crippen molar-refractivity contribution in [3.63, 3.8) is 0 Å². The first-order valence-electron chi connectivity index (χ1n) is 7.29. The van der Waals surface area contributed by atoms with Gasteiger partial charge in [0, 0.05) is 24.1 Å². The maximum atomic E-state index is 12.2. The molecule has 1 fully saturated rings. The van der Waals surface area contributed by atoms with Crippen LogP contribution in [-0.4, -0.2) is 29.7 Å². The van der Waals surface area contributed by atoms with Crippen LogP contribution in [0.25, 0.3) is 0 Å². The van der Waals surface area contributed by atoms with E-state index in [2.05, 4.69) is 6.58 Å². The van der Waals surface area contributed by atoms with Crippen molar-refractivity contribution in [2.45, 2.75) is 39.0 Å². The molecule has 1 saturated heterocycles. The molecule has 0 saturated carbocycles. The zero-order chi connectivity index (χ0) is 15.7. The Bertz CT molecular complexity index is 509. The lowest BCUT2D eigenvalue weighted by molar-refractivity contribution is -0.133. The van der Waals surface area contributed by atoms with Crippen LogP contribution in [0.15, 0.2) is 36.0 Å². The summed E-state index contributed by atoms with van der Waals surface area (Å²) in [5.74, 6) is -0.0345. The number of rotatable bonds is 6. The summed E-state index contributed by atoms with van der Waals surface area (Å²) in [6.07, 6.45) is 8.97. The maximum Gasteiger partial charge on any atom is 0.222 e. The van der Waals surface area contributed by atoms with Crippen molar-refractivity contribution in [3.05, 3.63) is 36.0 Å². The number of hydrogen-bond donors (Lipinski definition) is 0. The molecule has 4 heteroatoms. The van der Waals surface area contributed by atoms with E-state index in [1.807, 2.05) is 6.07 Å². The van der Waals surface area contributed by atoms with Gasteiger partial charge in [-0.15, -0.1) is 0 Å². The molecular weight excluding hydrogens is 264 g/mol. The number of allylic oxidation sites excluding steroid dienone is 4. The molecule has 1 aliphatic rings. The fourth-order valence-corrected chi connectivity index (χ4v) is 2.19. The van der Waals surface area contributed by atoms with Gasteiger partial charge >= 0.3 is 0 Å². The van der Waals surface area contributed by atoms with Crippen LogP contribution in [0.4, 0.5) is 0 Å². The topological polar surface area (TPSA) is 61.2 Å². The van der Waals surface area contributed by atoms with Gasteiger partial charge in [0.15, 0.2) is 5.78 Å². The third kappa shape index (κ3) is 5.78. The van der Waals surface area contributed by atoms with Crippen LogP contribution in [0.5, 0.6) is 0 Å². The fraction of sp³-hybridized carbons (Fsp3) is 0.471. The van der Waals surface area contributed by atoms with Crippen LogP contribution in [0.3, 0.4) is 0 Å². The smallest absolute Gasteiger partial charge is 0.222 e. The van der Waals surface area contributed by atoms with Crippen LogP contribution in [0, 0.1) is 11.3 Å². The zero-order valence-corrected chi connectivity index (χ0v) is 12.6. The van der Waals surface area contributed by atoms with Crippen LogP contribution in [-0.2, 0) is 9.59 Å². The van der Waals surface area contributed by atoms with E-state index < -0.39 is 0 Å². The number of hydrogen-bond acceptors (Lipinski definition) is 3. The van der Waals surface area contributed by atoms with E-state index in [0.29, 0.717) is 30.5 Å². The number of amides is 1. The lowest BCUT2D eigenvalue weighted by Crippen LogP contribution is -2.35. The molecule has 1 heterocycles. The Labute approximate surface area is 126 Å². The predicted octanol–water partition coefficient (Wildman–Crippen LogP) is 2.93. The molecule has 0 unspecified atom stereocenters. The number of ketones is 1. The molecule has 1 rings (SSSR count). The van der Waals surface area contributed by atoms with Crippen molar-refractivity contribution >= 4 is 11.7 Å². The summed E-state index contributed by atoms with van der Waals surface area (Å²) in [6, 6.07) is 2.03. The lowest BCUT2D eigenvalue weighted by atomic mass is 10.1. The summed E-state index contributed by atoms with van der Waals surface area (Å²) < 4.78 is 0. The average molecular weight is 286 g/mol. The summed E-state index contributed by atoms with van der Waals surface area (Å²) in [4.78, 5) is 25.8. The molecule has 0 atom stereocenters. The van der Waals surface area contributed by atoms with Gasteiger partial charge in [-0.3, -0.25) is 9.59 Å². The molecule has 0 N–H and O–H groups in total. The summed E-state index contributed by atoms with van der Waals surface area (Å²) in [5, 5.41) is 8.67. The highest BCUT2D eigenvalue weighted by atomic mass is 16.2. The van der Waals surface area contributed by atoms with Gasteiger partial charge in [0.2, 0.25) is 5.91 Å². The van der Waals surface area contributed by atoms with E-state index in [-0.39, 0.29) is 18.2 Å². The zero-order valence-electron chi connectivity index (χ0n) is 12.6. The third-order valence-corrected chi connectivity index (χ3v) is 3.49. The predicted molar refractivity (Wildman–Crippen MR) is 82.3 cm³/mol. The summed E-state index contributed by atoms with van der Waals surface area (Å²) in [6.45, 7) is 6.15. The molecule has 0 aliphatic carbocycles. The second-order valence-electron chi connectivity index (χ2n) is 5.15. The van der Waals surface area contributed by atoms with Crippen LogP contribution >= 0.6 is 0 Å². The Hall–Kier alpha value is -2.15.